The van der Waals surface area contributed by atoms with Crippen LogP contribution in [0.25, 0.3) is 0 Å². The van der Waals surface area contributed by atoms with Gasteiger partial charge in [-0.1, -0.05) is 37.1 Å². The van der Waals surface area contributed by atoms with Crippen LogP contribution < -0.4 is 5.32 Å². The Labute approximate surface area is 110 Å². The summed E-state index contributed by atoms with van der Waals surface area (Å²) in [6, 6.07) is 9.17. The van der Waals surface area contributed by atoms with Crippen molar-refractivity contribution in [2.24, 2.45) is 0 Å². The number of nitrogens with two attached hydrogens (primary N) is 1. The molecule has 0 bridgehead atoms. The molecular formula is C16H26NO+. The van der Waals surface area contributed by atoms with E-state index in [4.69, 9.17) is 0 Å². The summed E-state index contributed by atoms with van der Waals surface area (Å²) >= 11 is 0. The molecule has 2 heteroatoms. The summed E-state index contributed by atoms with van der Waals surface area (Å²) in [7, 11) is 0. The van der Waals surface area contributed by atoms with Crippen LogP contribution in [0.15, 0.2) is 24.3 Å². The van der Waals surface area contributed by atoms with Crippen LogP contribution in [-0.2, 0) is 0 Å². The van der Waals surface area contributed by atoms with Crippen LogP contribution in [0.3, 0.4) is 0 Å². The molecule has 1 aliphatic carbocycles. The first-order valence-electron chi connectivity index (χ1n) is 7.28. The maximum atomic E-state index is 10.1. The van der Waals surface area contributed by atoms with Crippen LogP contribution in [-0.4, -0.2) is 17.7 Å². The molecule has 1 saturated carbocycles. The minimum Gasteiger partial charge on any atom is -0.382 e. The van der Waals surface area contributed by atoms with Gasteiger partial charge in [-0.25, -0.2) is 0 Å². The van der Waals surface area contributed by atoms with Crippen molar-refractivity contribution in [3.8, 4) is 0 Å². The fraction of sp³-hybridized carbons (Fsp3) is 0.625. The second-order valence-electron chi connectivity index (χ2n) is 5.88. The van der Waals surface area contributed by atoms with Crippen molar-refractivity contribution in [1.29, 1.82) is 0 Å². The van der Waals surface area contributed by atoms with Gasteiger partial charge < -0.3 is 10.4 Å². The molecule has 1 aromatic carbocycles. The van der Waals surface area contributed by atoms with E-state index >= 15 is 0 Å². The van der Waals surface area contributed by atoms with E-state index in [0.717, 1.165) is 18.0 Å². The summed E-state index contributed by atoms with van der Waals surface area (Å²) in [6.45, 7) is 5.05. The summed E-state index contributed by atoms with van der Waals surface area (Å²) < 4.78 is 0. The maximum Gasteiger partial charge on any atom is 0.128 e. The lowest BCUT2D eigenvalue weighted by Gasteiger charge is -2.14. The summed E-state index contributed by atoms with van der Waals surface area (Å²) in [6.07, 6.45) is 5.08. The molecule has 100 valence electrons. The Kier molecular flexibility index (Phi) is 4.79. The third kappa shape index (κ3) is 3.56. The van der Waals surface area contributed by atoms with Crippen molar-refractivity contribution in [2.45, 2.75) is 57.6 Å². The highest BCUT2D eigenvalue weighted by molar-refractivity contribution is 5.27. The SMILES string of the molecule is CC(C)[NH2+]C[C@H](O)c1ccc(C2CCCC2)cc1. The normalized spacial score (nSPS) is 18.4. The topological polar surface area (TPSA) is 36.8 Å². The predicted molar refractivity (Wildman–Crippen MR) is 74.5 cm³/mol. The third-order valence-corrected chi connectivity index (χ3v) is 3.98. The van der Waals surface area contributed by atoms with E-state index in [1.165, 1.54) is 31.2 Å². The highest BCUT2D eigenvalue weighted by Crippen LogP contribution is 2.34. The number of benzene rings is 1. The van der Waals surface area contributed by atoms with E-state index in [1.807, 2.05) is 0 Å². The van der Waals surface area contributed by atoms with Crippen molar-refractivity contribution in [3.63, 3.8) is 0 Å². The fourth-order valence-electron chi connectivity index (χ4n) is 2.79. The van der Waals surface area contributed by atoms with Gasteiger partial charge in [0.1, 0.15) is 12.6 Å². The predicted octanol–water partition coefficient (Wildman–Crippen LogP) is 2.35. The molecule has 0 amide bonds. The molecule has 2 nitrogen and oxygen atoms in total. The Morgan fingerprint density at radius 1 is 1.17 bits per heavy atom. The van der Waals surface area contributed by atoms with Crippen molar-refractivity contribution in [3.05, 3.63) is 35.4 Å². The van der Waals surface area contributed by atoms with Crippen LogP contribution in [0.4, 0.5) is 0 Å². The number of quaternary nitrogens is 1. The van der Waals surface area contributed by atoms with Crippen LogP contribution in [0.1, 0.15) is 62.7 Å². The Morgan fingerprint density at radius 2 is 1.78 bits per heavy atom. The van der Waals surface area contributed by atoms with E-state index in [0.29, 0.717) is 6.04 Å². The molecule has 0 spiro atoms. The molecule has 0 aliphatic heterocycles. The van der Waals surface area contributed by atoms with E-state index in [2.05, 4.69) is 43.4 Å². The third-order valence-electron chi connectivity index (χ3n) is 3.98. The summed E-state index contributed by atoms with van der Waals surface area (Å²) in [5.41, 5.74) is 2.50. The summed E-state index contributed by atoms with van der Waals surface area (Å²) in [5.74, 6) is 0.762. The zero-order valence-electron chi connectivity index (χ0n) is 11.6. The molecule has 1 fully saturated rings. The number of aliphatic hydroxyl groups is 1. The van der Waals surface area contributed by atoms with E-state index in [9.17, 15) is 5.11 Å². The Hall–Kier alpha value is -0.860. The largest absolute Gasteiger partial charge is 0.382 e. The average molecular weight is 248 g/mol. The van der Waals surface area contributed by atoms with Gasteiger partial charge in [0.05, 0.1) is 6.04 Å². The molecule has 0 unspecified atom stereocenters. The smallest absolute Gasteiger partial charge is 0.128 e. The lowest BCUT2D eigenvalue weighted by Crippen LogP contribution is -2.89. The molecule has 0 aromatic heterocycles. The maximum absolute atomic E-state index is 10.1. The lowest BCUT2D eigenvalue weighted by molar-refractivity contribution is -0.689. The molecule has 3 N–H and O–H groups in total. The zero-order chi connectivity index (χ0) is 13.0. The molecule has 0 radical (unpaired) electrons. The second kappa shape index (κ2) is 6.35. The molecule has 0 saturated heterocycles. The van der Waals surface area contributed by atoms with Gasteiger partial charge in [-0.15, -0.1) is 0 Å². The number of hydrogen-bond acceptors (Lipinski definition) is 1. The van der Waals surface area contributed by atoms with Crippen molar-refractivity contribution in [1.82, 2.24) is 0 Å². The Balaban J connectivity index is 1.93. The molecule has 1 aliphatic rings. The number of aliphatic hydroxyl groups excluding tert-OH is 1. The van der Waals surface area contributed by atoms with Gasteiger partial charge in [0.2, 0.25) is 0 Å². The minimum atomic E-state index is -0.343. The molecule has 1 atom stereocenters. The lowest BCUT2D eigenvalue weighted by atomic mass is 9.96. The van der Waals surface area contributed by atoms with Crippen LogP contribution in [0, 0.1) is 0 Å². The van der Waals surface area contributed by atoms with E-state index in [-0.39, 0.29) is 6.10 Å². The molecule has 18 heavy (non-hydrogen) atoms. The summed E-state index contributed by atoms with van der Waals surface area (Å²) in [4.78, 5) is 0. The van der Waals surface area contributed by atoms with Gasteiger partial charge in [-0.2, -0.15) is 0 Å². The van der Waals surface area contributed by atoms with Crippen molar-refractivity contribution >= 4 is 0 Å². The first kappa shape index (κ1) is 13.6. The minimum absolute atomic E-state index is 0.343. The Morgan fingerprint density at radius 3 is 2.33 bits per heavy atom. The van der Waals surface area contributed by atoms with Crippen molar-refractivity contribution < 1.29 is 10.4 Å². The number of rotatable bonds is 5. The highest BCUT2D eigenvalue weighted by Gasteiger charge is 2.17. The molecular weight excluding hydrogens is 222 g/mol. The zero-order valence-corrected chi connectivity index (χ0v) is 11.6. The van der Waals surface area contributed by atoms with Crippen LogP contribution in [0.2, 0.25) is 0 Å². The average Bonchev–Trinajstić information content (AvgIpc) is 2.90. The van der Waals surface area contributed by atoms with E-state index < -0.39 is 0 Å². The standard InChI is InChI=1S/C16H25NO/c1-12(2)17-11-16(18)15-9-7-14(8-10-15)13-5-3-4-6-13/h7-10,12-13,16-18H,3-6,11H2,1-2H3/p+1/t16-/m0/s1. The monoisotopic (exact) mass is 248 g/mol. The quantitative estimate of drug-likeness (QED) is 0.824. The summed E-state index contributed by atoms with van der Waals surface area (Å²) in [5, 5.41) is 12.3. The van der Waals surface area contributed by atoms with Crippen LogP contribution >= 0.6 is 0 Å². The second-order valence-corrected chi connectivity index (χ2v) is 5.88. The van der Waals surface area contributed by atoms with Gasteiger partial charge in [-0.05, 0) is 43.7 Å². The molecule has 1 aromatic rings. The van der Waals surface area contributed by atoms with Gasteiger partial charge in [0.15, 0.2) is 0 Å². The first-order valence-corrected chi connectivity index (χ1v) is 7.28. The van der Waals surface area contributed by atoms with Gasteiger partial charge in [-0.3, -0.25) is 0 Å². The Bertz CT molecular complexity index is 352. The van der Waals surface area contributed by atoms with Crippen LogP contribution in [0.5, 0.6) is 0 Å². The van der Waals surface area contributed by atoms with E-state index in [1.54, 1.807) is 0 Å². The fourth-order valence-corrected chi connectivity index (χ4v) is 2.79. The van der Waals surface area contributed by atoms with Gasteiger partial charge in [0, 0.05) is 0 Å². The highest BCUT2D eigenvalue weighted by atomic mass is 16.3. The molecule has 0 heterocycles. The number of hydrogen-bond donors (Lipinski definition) is 2. The van der Waals surface area contributed by atoms with Gasteiger partial charge >= 0.3 is 0 Å². The first-order chi connectivity index (χ1) is 8.66. The van der Waals surface area contributed by atoms with Gasteiger partial charge in [0.25, 0.3) is 0 Å². The van der Waals surface area contributed by atoms with Crippen molar-refractivity contribution in [2.75, 3.05) is 6.54 Å². The molecule has 2 rings (SSSR count).